The average molecular weight is 276 g/mol. The third-order valence-electron chi connectivity index (χ3n) is 3.15. The van der Waals surface area contributed by atoms with Gasteiger partial charge in [0.2, 0.25) is 0 Å². The highest BCUT2D eigenvalue weighted by Gasteiger charge is 2.22. The number of ether oxygens (including phenoxy) is 1. The van der Waals surface area contributed by atoms with Crippen LogP contribution in [0.4, 0.5) is 0 Å². The van der Waals surface area contributed by atoms with Gasteiger partial charge in [-0.05, 0) is 31.0 Å². The van der Waals surface area contributed by atoms with Crippen molar-refractivity contribution in [3.63, 3.8) is 0 Å². The van der Waals surface area contributed by atoms with Gasteiger partial charge in [0.25, 0.3) is 0 Å². The highest BCUT2D eigenvalue weighted by Crippen LogP contribution is 2.19. The van der Waals surface area contributed by atoms with E-state index in [1.54, 1.807) is 14.0 Å². The lowest BCUT2D eigenvalue weighted by Crippen LogP contribution is -2.19. The molecule has 1 atom stereocenters. The zero-order valence-corrected chi connectivity index (χ0v) is 11.4. The first-order valence-corrected chi connectivity index (χ1v) is 6.24. The maximum atomic E-state index is 11.4. The van der Waals surface area contributed by atoms with Crippen LogP contribution in [-0.4, -0.2) is 28.5 Å². The molecule has 6 nitrogen and oxygen atoms in total. The van der Waals surface area contributed by atoms with Crippen LogP contribution in [0.3, 0.4) is 0 Å². The Bertz CT molecular complexity index is 594. The van der Waals surface area contributed by atoms with Gasteiger partial charge in [0.15, 0.2) is 0 Å². The second kappa shape index (κ2) is 6.18. The summed E-state index contributed by atoms with van der Waals surface area (Å²) in [5.41, 5.74) is 2.12. The molecule has 2 rings (SSSR count). The van der Waals surface area contributed by atoms with Crippen LogP contribution in [0.5, 0.6) is 5.75 Å². The zero-order valence-electron chi connectivity index (χ0n) is 11.4. The van der Waals surface area contributed by atoms with E-state index in [0.717, 1.165) is 5.56 Å². The molecular formula is C14H16N2O4. The Labute approximate surface area is 116 Å². The van der Waals surface area contributed by atoms with Gasteiger partial charge in [-0.3, -0.25) is 4.79 Å². The predicted molar refractivity (Wildman–Crippen MR) is 70.6 cm³/mol. The Morgan fingerprint density at radius 3 is 2.80 bits per heavy atom. The quantitative estimate of drug-likeness (QED) is 0.867. The van der Waals surface area contributed by atoms with Gasteiger partial charge in [-0.25, -0.2) is 4.63 Å². The maximum Gasteiger partial charge on any atom is 0.307 e. The van der Waals surface area contributed by atoms with E-state index >= 15 is 0 Å². The summed E-state index contributed by atoms with van der Waals surface area (Å²) in [4.78, 5) is 11.4. The van der Waals surface area contributed by atoms with Gasteiger partial charge in [-0.15, -0.1) is 0 Å². The molecule has 1 aromatic heterocycles. The fourth-order valence-corrected chi connectivity index (χ4v) is 2.00. The Balaban J connectivity index is 2.13. The number of carbonyl (C=O) groups is 1. The van der Waals surface area contributed by atoms with E-state index in [0.29, 0.717) is 30.0 Å². The molecule has 0 saturated heterocycles. The van der Waals surface area contributed by atoms with Crippen molar-refractivity contribution < 1.29 is 19.3 Å². The Kier molecular flexibility index (Phi) is 4.34. The number of rotatable bonds is 6. The number of methoxy groups -OCH3 is 1. The van der Waals surface area contributed by atoms with Crippen LogP contribution in [0.25, 0.3) is 0 Å². The van der Waals surface area contributed by atoms with Gasteiger partial charge in [0.05, 0.1) is 13.0 Å². The van der Waals surface area contributed by atoms with Crippen molar-refractivity contribution >= 4 is 5.97 Å². The summed E-state index contributed by atoms with van der Waals surface area (Å²) in [5, 5.41) is 16.7. The topological polar surface area (TPSA) is 85.5 Å². The largest absolute Gasteiger partial charge is 0.497 e. The number of hydrogen-bond acceptors (Lipinski definition) is 5. The van der Waals surface area contributed by atoms with Crippen molar-refractivity contribution in [2.75, 3.05) is 7.11 Å². The van der Waals surface area contributed by atoms with Crippen LogP contribution < -0.4 is 4.74 Å². The number of nitrogens with zero attached hydrogens (tertiary/aromatic N) is 2. The fraction of sp³-hybridized carbons (Fsp3) is 0.357. The lowest BCUT2D eigenvalue weighted by atomic mass is 9.94. The summed E-state index contributed by atoms with van der Waals surface area (Å²) in [5.74, 6) is -0.728. The summed E-state index contributed by atoms with van der Waals surface area (Å²) in [6.07, 6.45) is 0.695. The average Bonchev–Trinajstić information content (AvgIpc) is 2.83. The zero-order chi connectivity index (χ0) is 14.5. The van der Waals surface area contributed by atoms with Crippen molar-refractivity contribution in [2.24, 2.45) is 5.92 Å². The molecule has 0 aliphatic rings. The molecule has 6 heteroatoms. The second-order valence-corrected chi connectivity index (χ2v) is 4.59. The lowest BCUT2D eigenvalue weighted by molar-refractivity contribution is -0.141. The van der Waals surface area contributed by atoms with Crippen LogP contribution in [0, 0.1) is 12.8 Å². The van der Waals surface area contributed by atoms with Crippen LogP contribution in [-0.2, 0) is 17.6 Å². The molecule has 0 fully saturated rings. The molecule has 0 radical (unpaired) electrons. The van der Waals surface area contributed by atoms with Gasteiger partial charge in [0.1, 0.15) is 17.1 Å². The summed E-state index contributed by atoms with van der Waals surface area (Å²) in [7, 11) is 1.58. The van der Waals surface area contributed by atoms with Crippen molar-refractivity contribution in [3.8, 4) is 5.75 Å². The number of benzene rings is 1. The highest BCUT2D eigenvalue weighted by atomic mass is 16.6. The van der Waals surface area contributed by atoms with Crippen molar-refractivity contribution in [1.29, 1.82) is 0 Å². The minimum Gasteiger partial charge on any atom is -0.497 e. The standard InChI is InChI=1S/C14H16N2O4/c1-9-13(16-20-15-9)8-11(14(17)18)6-10-4-3-5-12(7-10)19-2/h3-5,7,11H,6,8H2,1-2H3,(H,17,18). The number of aryl methyl sites for hydroxylation is 1. The molecule has 0 saturated carbocycles. The summed E-state index contributed by atoms with van der Waals surface area (Å²) in [6.45, 7) is 1.75. The van der Waals surface area contributed by atoms with Gasteiger partial charge in [-0.2, -0.15) is 0 Å². The monoisotopic (exact) mass is 276 g/mol. The normalized spacial score (nSPS) is 12.1. The third kappa shape index (κ3) is 3.34. The molecule has 0 bridgehead atoms. The summed E-state index contributed by atoms with van der Waals surface area (Å²) in [6, 6.07) is 7.39. The van der Waals surface area contributed by atoms with Crippen LogP contribution in [0.15, 0.2) is 28.9 Å². The van der Waals surface area contributed by atoms with E-state index in [9.17, 15) is 9.90 Å². The number of aliphatic carboxylic acids is 1. The minimum absolute atomic E-state index is 0.294. The van der Waals surface area contributed by atoms with Crippen LogP contribution >= 0.6 is 0 Å². The molecule has 1 aromatic carbocycles. The summed E-state index contributed by atoms with van der Waals surface area (Å²) >= 11 is 0. The van der Waals surface area contributed by atoms with Crippen molar-refractivity contribution in [2.45, 2.75) is 19.8 Å². The fourth-order valence-electron chi connectivity index (χ4n) is 2.00. The van der Waals surface area contributed by atoms with Gasteiger partial charge in [0, 0.05) is 6.42 Å². The second-order valence-electron chi connectivity index (χ2n) is 4.59. The van der Waals surface area contributed by atoms with E-state index in [1.165, 1.54) is 0 Å². The molecule has 1 unspecified atom stereocenters. The van der Waals surface area contributed by atoms with E-state index in [4.69, 9.17) is 4.74 Å². The number of carboxylic acids is 1. The summed E-state index contributed by atoms with van der Waals surface area (Å²) < 4.78 is 9.74. The molecule has 0 aliphatic heterocycles. The SMILES string of the molecule is COc1cccc(CC(Cc2nonc2C)C(=O)O)c1. The van der Waals surface area contributed by atoms with E-state index < -0.39 is 11.9 Å². The predicted octanol–water partition coefficient (Wildman–Crippen LogP) is 1.87. The highest BCUT2D eigenvalue weighted by molar-refractivity contribution is 5.70. The molecule has 20 heavy (non-hydrogen) atoms. The third-order valence-corrected chi connectivity index (χ3v) is 3.15. The van der Waals surface area contributed by atoms with Crippen LogP contribution in [0.2, 0.25) is 0 Å². The lowest BCUT2D eigenvalue weighted by Gasteiger charge is -2.11. The van der Waals surface area contributed by atoms with Gasteiger partial charge >= 0.3 is 5.97 Å². The van der Waals surface area contributed by atoms with Crippen LogP contribution in [0.1, 0.15) is 17.0 Å². The molecule has 0 aliphatic carbocycles. The molecule has 106 valence electrons. The van der Waals surface area contributed by atoms with Gasteiger partial charge in [-0.1, -0.05) is 22.4 Å². The Hall–Kier alpha value is -2.37. The van der Waals surface area contributed by atoms with Crippen molar-refractivity contribution in [3.05, 3.63) is 41.2 Å². The number of carboxylic acid groups (broad SMARTS) is 1. The molecule has 1 N–H and O–H groups in total. The number of hydrogen-bond donors (Lipinski definition) is 1. The van der Waals surface area contributed by atoms with E-state index in [2.05, 4.69) is 14.9 Å². The Morgan fingerprint density at radius 2 is 2.20 bits per heavy atom. The molecule has 0 amide bonds. The number of aromatic nitrogens is 2. The first-order chi connectivity index (χ1) is 9.60. The first-order valence-electron chi connectivity index (χ1n) is 6.24. The van der Waals surface area contributed by atoms with Crippen molar-refractivity contribution in [1.82, 2.24) is 10.3 Å². The Morgan fingerprint density at radius 1 is 1.40 bits per heavy atom. The molecule has 2 aromatic rings. The first kappa shape index (κ1) is 14.0. The minimum atomic E-state index is -0.866. The van der Waals surface area contributed by atoms with E-state index in [-0.39, 0.29) is 0 Å². The van der Waals surface area contributed by atoms with Gasteiger partial charge < -0.3 is 9.84 Å². The molecule has 0 spiro atoms. The molecule has 1 heterocycles. The smallest absolute Gasteiger partial charge is 0.307 e. The maximum absolute atomic E-state index is 11.4. The molecular weight excluding hydrogens is 260 g/mol. The van der Waals surface area contributed by atoms with E-state index in [1.807, 2.05) is 24.3 Å².